The van der Waals surface area contributed by atoms with Crippen molar-refractivity contribution in [1.29, 1.82) is 0 Å². The van der Waals surface area contributed by atoms with Gasteiger partial charge in [0.15, 0.2) is 20.6 Å². The lowest BCUT2D eigenvalue weighted by molar-refractivity contribution is -0.113. The lowest BCUT2D eigenvalue weighted by Crippen LogP contribution is -2.23. The van der Waals surface area contributed by atoms with Crippen LogP contribution in [0.25, 0.3) is 11.2 Å². The second kappa shape index (κ2) is 4.50. The molecule has 2 rings (SSSR count). The summed E-state index contributed by atoms with van der Waals surface area (Å²) in [5.74, 6) is -1.47. The highest BCUT2D eigenvalue weighted by atomic mass is 35.5. The van der Waals surface area contributed by atoms with E-state index in [1.807, 2.05) is 0 Å². The van der Waals surface area contributed by atoms with E-state index in [0.29, 0.717) is 5.52 Å². The number of hydrogen-bond acceptors (Lipinski definition) is 6. The average molecular weight is 290 g/mol. The Bertz CT molecular complexity index is 711. The third-order valence-electron chi connectivity index (χ3n) is 1.89. The number of anilines is 1. The van der Waals surface area contributed by atoms with Crippen LogP contribution in [0.4, 0.5) is 5.95 Å². The van der Waals surface area contributed by atoms with Crippen molar-refractivity contribution in [2.24, 2.45) is 0 Å². The third-order valence-corrected chi connectivity index (χ3v) is 2.95. The standard InChI is InChI=1S/C8H8ClN5O3S/c1-18(16,17)2-4(15)12-8-13-6(9)5-7(14-8)11-3-10-5/h3H,2H2,1H3,(H2,10,11,12,13,14,15). The number of carbonyl (C=O) groups is 1. The summed E-state index contributed by atoms with van der Waals surface area (Å²) in [5.41, 5.74) is 0.724. The molecule has 2 aromatic rings. The Morgan fingerprint density at radius 2 is 2.22 bits per heavy atom. The van der Waals surface area contributed by atoms with Crippen LogP contribution in [0.5, 0.6) is 0 Å². The van der Waals surface area contributed by atoms with Gasteiger partial charge in [-0.25, -0.2) is 13.4 Å². The number of imidazole rings is 1. The van der Waals surface area contributed by atoms with Gasteiger partial charge < -0.3 is 4.98 Å². The van der Waals surface area contributed by atoms with Crippen molar-refractivity contribution in [2.75, 3.05) is 17.3 Å². The van der Waals surface area contributed by atoms with Gasteiger partial charge in [0.2, 0.25) is 11.9 Å². The number of aromatic amines is 1. The van der Waals surface area contributed by atoms with Gasteiger partial charge >= 0.3 is 0 Å². The van der Waals surface area contributed by atoms with Crippen molar-refractivity contribution in [1.82, 2.24) is 19.9 Å². The summed E-state index contributed by atoms with van der Waals surface area (Å²) < 4.78 is 21.8. The highest BCUT2D eigenvalue weighted by Gasteiger charge is 2.14. The maximum atomic E-state index is 11.4. The lowest BCUT2D eigenvalue weighted by Gasteiger charge is -2.02. The van der Waals surface area contributed by atoms with E-state index in [9.17, 15) is 13.2 Å². The first-order valence-electron chi connectivity index (χ1n) is 4.69. The number of rotatable bonds is 3. The Labute approximate surface area is 107 Å². The highest BCUT2D eigenvalue weighted by Crippen LogP contribution is 2.18. The minimum absolute atomic E-state index is 0.0896. The molecule has 0 radical (unpaired) electrons. The first kappa shape index (κ1) is 12.7. The number of sulfone groups is 1. The SMILES string of the molecule is CS(=O)(=O)CC(=O)Nc1nc(Cl)c2[nH]cnc2n1. The summed E-state index contributed by atoms with van der Waals surface area (Å²) in [4.78, 5) is 25.7. The fourth-order valence-electron chi connectivity index (χ4n) is 1.25. The molecule has 0 spiro atoms. The minimum Gasteiger partial charge on any atom is -0.341 e. The van der Waals surface area contributed by atoms with E-state index in [-0.39, 0.29) is 16.7 Å². The molecule has 0 aliphatic rings. The van der Waals surface area contributed by atoms with Crippen LogP contribution in [0.3, 0.4) is 0 Å². The molecule has 8 nitrogen and oxygen atoms in total. The van der Waals surface area contributed by atoms with E-state index >= 15 is 0 Å². The van der Waals surface area contributed by atoms with Gasteiger partial charge in [-0.3, -0.25) is 10.1 Å². The van der Waals surface area contributed by atoms with E-state index in [1.165, 1.54) is 6.33 Å². The van der Waals surface area contributed by atoms with Gasteiger partial charge in [0, 0.05) is 6.26 Å². The van der Waals surface area contributed by atoms with Crippen LogP contribution in [-0.4, -0.2) is 46.3 Å². The smallest absolute Gasteiger partial charge is 0.241 e. The first-order valence-corrected chi connectivity index (χ1v) is 7.13. The van der Waals surface area contributed by atoms with E-state index < -0.39 is 21.5 Å². The maximum Gasteiger partial charge on any atom is 0.241 e. The molecule has 0 aliphatic carbocycles. The Kier molecular flexibility index (Phi) is 3.18. The van der Waals surface area contributed by atoms with Crippen LogP contribution < -0.4 is 5.32 Å². The van der Waals surface area contributed by atoms with Gasteiger partial charge in [0.25, 0.3) is 0 Å². The number of nitrogens with zero attached hydrogens (tertiary/aromatic N) is 3. The van der Waals surface area contributed by atoms with Crippen molar-refractivity contribution >= 4 is 44.5 Å². The number of hydrogen-bond donors (Lipinski definition) is 2. The molecule has 0 aromatic carbocycles. The van der Waals surface area contributed by atoms with Crippen LogP contribution in [-0.2, 0) is 14.6 Å². The summed E-state index contributed by atoms with van der Waals surface area (Å²) >= 11 is 5.83. The van der Waals surface area contributed by atoms with E-state index in [1.54, 1.807) is 0 Å². The number of nitrogens with one attached hydrogen (secondary N) is 2. The molecular weight excluding hydrogens is 282 g/mol. The molecule has 2 aromatic heterocycles. The molecule has 0 saturated carbocycles. The molecule has 0 aliphatic heterocycles. The van der Waals surface area contributed by atoms with E-state index in [4.69, 9.17) is 11.6 Å². The molecule has 0 atom stereocenters. The van der Waals surface area contributed by atoms with Crippen LogP contribution in [0.2, 0.25) is 5.15 Å². The summed E-state index contributed by atoms with van der Waals surface area (Å²) in [6.07, 6.45) is 2.34. The van der Waals surface area contributed by atoms with Gasteiger partial charge in [-0.15, -0.1) is 0 Å². The van der Waals surface area contributed by atoms with Crippen LogP contribution >= 0.6 is 11.6 Å². The van der Waals surface area contributed by atoms with Gasteiger partial charge in [-0.2, -0.15) is 9.97 Å². The van der Waals surface area contributed by atoms with E-state index in [0.717, 1.165) is 6.26 Å². The van der Waals surface area contributed by atoms with E-state index in [2.05, 4.69) is 25.3 Å². The van der Waals surface area contributed by atoms with Crippen molar-refractivity contribution in [3.05, 3.63) is 11.5 Å². The second-order valence-corrected chi connectivity index (χ2v) is 6.06. The zero-order valence-corrected chi connectivity index (χ0v) is 10.7. The molecular formula is C8H8ClN5O3S. The summed E-state index contributed by atoms with van der Waals surface area (Å²) in [6, 6.07) is 0. The topological polar surface area (TPSA) is 118 Å². The Hall–Kier alpha value is -1.74. The first-order chi connectivity index (χ1) is 8.35. The molecule has 0 bridgehead atoms. The predicted molar refractivity (Wildman–Crippen MR) is 65.0 cm³/mol. The molecule has 0 unspecified atom stereocenters. The molecule has 1 amide bonds. The Morgan fingerprint density at radius 3 is 2.89 bits per heavy atom. The number of fused-ring (bicyclic) bond motifs is 1. The molecule has 18 heavy (non-hydrogen) atoms. The fraction of sp³-hybridized carbons (Fsp3) is 0.250. The molecule has 10 heteroatoms. The number of amides is 1. The van der Waals surface area contributed by atoms with Gasteiger partial charge in [-0.1, -0.05) is 11.6 Å². The summed E-state index contributed by atoms with van der Waals surface area (Å²) in [6.45, 7) is 0. The number of aromatic nitrogens is 4. The number of H-pyrrole nitrogens is 1. The normalized spacial score (nSPS) is 11.7. The minimum atomic E-state index is -3.41. The number of halogens is 1. The van der Waals surface area contributed by atoms with Crippen molar-refractivity contribution < 1.29 is 13.2 Å². The second-order valence-electron chi connectivity index (χ2n) is 3.56. The van der Waals surface area contributed by atoms with Gasteiger partial charge in [0.05, 0.1) is 6.33 Å². The van der Waals surface area contributed by atoms with Crippen LogP contribution in [0.15, 0.2) is 6.33 Å². The molecule has 2 N–H and O–H groups in total. The van der Waals surface area contributed by atoms with Gasteiger partial charge in [-0.05, 0) is 0 Å². The molecule has 2 heterocycles. The molecule has 0 saturated heterocycles. The van der Waals surface area contributed by atoms with Crippen molar-refractivity contribution in [3.63, 3.8) is 0 Å². The zero-order chi connectivity index (χ0) is 13.3. The average Bonchev–Trinajstić information content (AvgIpc) is 2.62. The zero-order valence-electron chi connectivity index (χ0n) is 9.14. The summed E-state index contributed by atoms with van der Waals surface area (Å²) in [7, 11) is -3.41. The highest BCUT2D eigenvalue weighted by molar-refractivity contribution is 7.91. The number of carbonyl (C=O) groups excluding carboxylic acids is 1. The molecule has 0 fully saturated rings. The van der Waals surface area contributed by atoms with Crippen molar-refractivity contribution in [3.8, 4) is 0 Å². The third kappa shape index (κ3) is 2.93. The van der Waals surface area contributed by atoms with Crippen molar-refractivity contribution in [2.45, 2.75) is 0 Å². The largest absolute Gasteiger partial charge is 0.341 e. The quantitative estimate of drug-likeness (QED) is 0.767. The van der Waals surface area contributed by atoms with Crippen LogP contribution in [0, 0.1) is 0 Å². The van der Waals surface area contributed by atoms with Gasteiger partial charge in [0.1, 0.15) is 11.3 Å². The monoisotopic (exact) mass is 289 g/mol. The Morgan fingerprint density at radius 1 is 1.50 bits per heavy atom. The summed E-state index contributed by atoms with van der Waals surface area (Å²) in [5, 5.41) is 2.33. The van der Waals surface area contributed by atoms with Crippen LogP contribution in [0.1, 0.15) is 0 Å². The Balaban J connectivity index is 2.24. The lowest BCUT2D eigenvalue weighted by atomic mass is 10.5. The molecule has 96 valence electrons. The fourth-order valence-corrected chi connectivity index (χ4v) is 2.02. The maximum absolute atomic E-state index is 11.4. The predicted octanol–water partition coefficient (Wildman–Crippen LogP) is -0.0106.